The summed E-state index contributed by atoms with van der Waals surface area (Å²) in [5, 5.41) is 6.56. The standard InChI is InChI=1S/C7H7N5/c8-7-1-6(11-12-7)5-2-9-4-10-3-5/h1-4H,(H3,8,11,12). The van der Waals surface area contributed by atoms with Crippen LogP contribution in [0.25, 0.3) is 11.3 Å². The molecule has 0 aromatic carbocycles. The molecule has 0 aliphatic carbocycles. The summed E-state index contributed by atoms with van der Waals surface area (Å²) in [5.74, 6) is 0.467. The van der Waals surface area contributed by atoms with Gasteiger partial charge in [-0.05, 0) is 0 Å². The maximum absolute atomic E-state index is 5.43. The van der Waals surface area contributed by atoms with Crippen LogP contribution in [0.15, 0.2) is 24.8 Å². The summed E-state index contributed by atoms with van der Waals surface area (Å²) in [6, 6.07) is 1.73. The number of nitrogens with one attached hydrogen (secondary N) is 1. The number of hydrogen-bond donors (Lipinski definition) is 2. The molecule has 0 saturated heterocycles. The summed E-state index contributed by atoms with van der Waals surface area (Å²) >= 11 is 0. The number of hydrogen-bond acceptors (Lipinski definition) is 4. The van der Waals surface area contributed by atoms with Crippen LogP contribution in [0.2, 0.25) is 0 Å². The third-order valence-corrected chi connectivity index (χ3v) is 1.47. The van der Waals surface area contributed by atoms with Crippen LogP contribution in [0.4, 0.5) is 5.82 Å². The van der Waals surface area contributed by atoms with Gasteiger partial charge in [-0.3, -0.25) is 5.10 Å². The highest BCUT2D eigenvalue weighted by Gasteiger charge is 1.99. The van der Waals surface area contributed by atoms with Gasteiger partial charge in [0.15, 0.2) is 0 Å². The normalized spacial score (nSPS) is 10.0. The Kier molecular flexibility index (Phi) is 1.48. The van der Waals surface area contributed by atoms with E-state index in [2.05, 4.69) is 20.2 Å². The smallest absolute Gasteiger partial charge is 0.145 e. The van der Waals surface area contributed by atoms with Gasteiger partial charge in [-0.25, -0.2) is 9.97 Å². The van der Waals surface area contributed by atoms with Crippen molar-refractivity contribution in [2.75, 3.05) is 5.73 Å². The van der Waals surface area contributed by atoms with Gasteiger partial charge in [-0.15, -0.1) is 0 Å². The molecule has 2 aromatic rings. The highest BCUT2D eigenvalue weighted by atomic mass is 15.2. The summed E-state index contributed by atoms with van der Waals surface area (Å²) in [6.07, 6.45) is 4.86. The lowest BCUT2D eigenvalue weighted by Gasteiger charge is -1.91. The van der Waals surface area contributed by atoms with Crippen LogP contribution < -0.4 is 5.73 Å². The van der Waals surface area contributed by atoms with E-state index in [1.54, 1.807) is 18.5 Å². The monoisotopic (exact) mass is 161 g/mol. The summed E-state index contributed by atoms with van der Waals surface area (Å²) in [5.41, 5.74) is 7.14. The fourth-order valence-corrected chi connectivity index (χ4v) is 0.923. The average molecular weight is 161 g/mol. The van der Waals surface area contributed by atoms with Crippen molar-refractivity contribution in [1.29, 1.82) is 0 Å². The Hall–Kier alpha value is -1.91. The molecule has 0 aliphatic rings. The Morgan fingerprint density at radius 3 is 2.58 bits per heavy atom. The average Bonchev–Trinajstić information content (AvgIpc) is 2.54. The van der Waals surface area contributed by atoms with E-state index in [-0.39, 0.29) is 0 Å². The first-order valence-electron chi connectivity index (χ1n) is 3.42. The van der Waals surface area contributed by atoms with Crippen LogP contribution in [0.5, 0.6) is 0 Å². The second-order valence-corrected chi connectivity index (χ2v) is 2.33. The van der Waals surface area contributed by atoms with Gasteiger partial charge < -0.3 is 5.73 Å². The quantitative estimate of drug-likeness (QED) is 0.636. The van der Waals surface area contributed by atoms with Crippen LogP contribution >= 0.6 is 0 Å². The van der Waals surface area contributed by atoms with E-state index in [1.165, 1.54) is 6.33 Å². The van der Waals surface area contributed by atoms with Gasteiger partial charge in [-0.2, -0.15) is 5.10 Å². The number of nitrogens with two attached hydrogens (primary N) is 1. The number of H-pyrrole nitrogens is 1. The van der Waals surface area contributed by atoms with Gasteiger partial charge in [0.05, 0.1) is 5.69 Å². The largest absolute Gasteiger partial charge is 0.382 e. The second-order valence-electron chi connectivity index (χ2n) is 2.33. The third kappa shape index (κ3) is 1.12. The molecule has 0 spiro atoms. The lowest BCUT2D eigenvalue weighted by molar-refractivity contribution is 1.09. The summed E-state index contributed by atoms with van der Waals surface area (Å²) in [4.78, 5) is 7.74. The van der Waals surface area contributed by atoms with Gasteiger partial charge in [0.2, 0.25) is 0 Å². The number of anilines is 1. The molecule has 0 aliphatic heterocycles. The van der Waals surface area contributed by atoms with E-state index in [9.17, 15) is 0 Å². The fourth-order valence-electron chi connectivity index (χ4n) is 0.923. The molecule has 0 saturated carbocycles. The number of nitrogen functional groups attached to an aromatic ring is 1. The molecular formula is C7H7N5. The van der Waals surface area contributed by atoms with Crippen molar-refractivity contribution in [2.45, 2.75) is 0 Å². The summed E-state index contributed by atoms with van der Waals surface area (Å²) < 4.78 is 0. The van der Waals surface area contributed by atoms with Crippen molar-refractivity contribution in [2.24, 2.45) is 0 Å². The fraction of sp³-hybridized carbons (Fsp3) is 0. The zero-order valence-corrected chi connectivity index (χ0v) is 6.23. The lowest BCUT2D eigenvalue weighted by atomic mass is 10.2. The zero-order chi connectivity index (χ0) is 8.39. The molecule has 0 unspecified atom stereocenters. The number of aromatic nitrogens is 4. The number of nitrogens with zero attached hydrogens (tertiary/aromatic N) is 3. The summed E-state index contributed by atoms with van der Waals surface area (Å²) in [6.45, 7) is 0. The second kappa shape index (κ2) is 2.61. The predicted octanol–water partition coefficient (Wildman–Crippen LogP) is 0.449. The molecule has 2 heterocycles. The lowest BCUT2D eigenvalue weighted by Crippen LogP contribution is -1.81. The van der Waals surface area contributed by atoms with Crippen molar-refractivity contribution in [3.8, 4) is 11.3 Å². The minimum absolute atomic E-state index is 0.467. The minimum atomic E-state index is 0.467. The minimum Gasteiger partial charge on any atom is -0.382 e. The van der Waals surface area contributed by atoms with Gasteiger partial charge >= 0.3 is 0 Å². The highest BCUT2D eigenvalue weighted by Crippen LogP contribution is 2.15. The Morgan fingerprint density at radius 2 is 2.00 bits per heavy atom. The Bertz CT molecular complexity index is 366. The van der Waals surface area contributed by atoms with Crippen LogP contribution in [-0.4, -0.2) is 20.2 Å². The SMILES string of the molecule is Nc1cc(-c2cncnc2)[nH]n1. The number of rotatable bonds is 1. The van der Waals surface area contributed by atoms with E-state index >= 15 is 0 Å². The van der Waals surface area contributed by atoms with Crippen molar-refractivity contribution < 1.29 is 0 Å². The Labute approximate surface area is 68.7 Å². The van der Waals surface area contributed by atoms with Crippen LogP contribution in [0.1, 0.15) is 0 Å². The van der Waals surface area contributed by atoms with Crippen molar-refractivity contribution in [1.82, 2.24) is 20.2 Å². The van der Waals surface area contributed by atoms with E-state index in [0.29, 0.717) is 5.82 Å². The molecule has 0 amide bonds. The zero-order valence-electron chi connectivity index (χ0n) is 6.23. The molecule has 0 fully saturated rings. The topological polar surface area (TPSA) is 80.5 Å². The highest BCUT2D eigenvalue weighted by molar-refractivity contribution is 5.59. The van der Waals surface area contributed by atoms with Gasteiger partial charge in [0.1, 0.15) is 12.1 Å². The maximum atomic E-state index is 5.43. The Morgan fingerprint density at radius 1 is 1.25 bits per heavy atom. The molecule has 0 bridgehead atoms. The van der Waals surface area contributed by atoms with Crippen molar-refractivity contribution in [3.05, 3.63) is 24.8 Å². The molecule has 2 aromatic heterocycles. The van der Waals surface area contributed by atoms with Crippen LogP contribution in [0.3, 0.4) is 0 Å². The molecule has 5 nitrogen and oxygen atoms in total. The van der Waals surface area contributed by atoms with E-state index in [0.717, 1.165) is 11.3 Å². The molecule has 12 heavy (non-hydrogen) atoms. The molecular weight excluding hydrogens is 154 g/mol. The molecule has 0 radical (unpaired) electrons. The first-order chi connectivity index (χ1) is 5.86. The van der Waals surface area contributed by atoms with E-state index < -0.39 is 0 Å². The molecule has 3 N–H and O–H groups in total. The molecule has 5 heteroatoms. The molecule has 2 rings (SSSR count). The van der Waals surface area contributed by atoms with Crippen molar-refractivity contribution >= 4 is 5.82 Å². The first kappa shape index (κ1) is 6.78. The predicted molar refractivity (Wildman–Crippen MR) is 44.0 cm³/mol. The van der Waals surface area contributed by atoms with Gasteiger partial charge in [-0.1, -0.05) is 0 Å². The maximum Gasteiger partial charge on any atom is 0.145 e. The van der Waals surface area contributed by atoms with Crippen LogP contribution in [-0.2, 0) is 0 Å². The Balaban J connectivity index is 2.45. The molecule has 60 valence electrons. The van der Waals surface area contributed by atoms with Gasteiger partial charge in [0, 0.05) is 24.0 Å². The first-order valence-corrected chi connectivity index (χ1v) is 3.42. The van der Waals surface area contributed by atoms with Gasteiger partial charge in [0.25, 0.3) is 0 Å². The van der Waals surface area contributed by atoms with Crippen LogP contribution in [0, 0.1) is 0 Å². The third-order valence-electron chi connectivity index (χ3n) is 1.47. The van der Waals surface area contributed by atoms with E-state index in [4.69, 9.17) is 5.73 Å². The van der Waals surface area contributed by atoms with Crippen molar-refractivity contribution in [3.63, 3.8) is 0 Å². The van der Waals surface area contributed by atoms with E-state index in [1.807, 2.05) is 0 Å². The molecule has 0 atom stereocenters. The summed E-state index contributed by atoms with van der Waals surface area (Å²) in [7, 11) is 0. The number of aromatic amines is 1.